The lowest BCUT2D eigenvalue weighted by molar-refractivity contribution is -0.131. The van der Waals surface area contributed by atoms with Gasteiger partial charge >= 0.3 is 6.03 Å². The molecule has 1 aliphatic heterocycles. The molecule has 2 aromatic carbocycles. The Morgan fingerprint density at radius 2 is 1.72 bits per heavy atom. The van der Waals surface area contributed by atoms with Crippen molar-refractivity contribution in [1.82, 2.24) is 5.32 Å². The highest BCUT2D eigenvalue weighted by Gasteiger charge is 2.40. The van der Waals surface area contributed by atoms with E-state index in [1.807, 2.05) is 30.3 Å². The number of hydrogen-bond acceptors (Lipinski definition) is 4. The average molecular weight is 356 g/mol. The first-order valence-corrected chi connectivity index (χ1v) is 7.92. The largest absolute Gasteiger partial charge is 0.335 e. The van der Waals surface area contributed by atoms with Gasteiger partial charge in [-0.1, -0.05) is 41.9 Å². The molecule has 0 aromatic heterocycles. The van der Waals surface area contributed by atoms with Gasteiger partial charge in [-0.15, -0.1) is 0 Å². The van der Waals surface area contributed by atoms with E-state index in [-0.39, 0.29) is 0 Å². The molecule has 0 aliphatic carbocycles. The van der Waals surface area contributed by atoms with Crippen molar-refractivity contribution >= 4 is 41.3 Å². The lowest BCUT2D eigenvalue weighted by Crippen LogP contribution is -2.58. The summed E-state index contributed by atoms with van der Waals surface area (Å²) in [7, 11) is 0. The molecule has 6 nitrogen and oxygen atoms in total. The van der Waals surface area contributed by atoms with Crippen LogP contribution < -0.4 is 10.2 Å². The molecule has 0 radical (unpaired) electrons. The minimum Gasteiger partial charge on any atom is -0.291 e. The Labute approximate surface area is 149 Å². The normalized spacial score (nSPS) is 17.9. The molecular weight excluding hydrogens is 342 g/mol. The average Bonchev–Trinajstić information content (AvgIpc) is 2.60. The lowest BCUT2D eigenvalue weighted by Gasteiger charge is -2.28. The van der Waals surface area contributed by atoms with Gasteiger partial charge < -0.3 is 0 Å². The molecule has 1 saturated heterocycles. The number of halogens is 1. The molecule has 2 aromatic rings. The summed E-state index contributed by atoms with van der Waals surface area (Å²) in [6, 6.07) is 14.8. The maximum absolute atomic E-state index is 12.6. The van der Waals surface area contributed by atoms with Crippen LogP contribution in [0.1, 0.15) is 5.56 Å². The third-order valence-corrected chi connectivity index (χ3v) is 3.91. The number of aliphatic imine (C=N–C) groups is 1. The van der Waals surface area contributed by atoms with Crippen LogP contribution in [0.3, 0.4) is 0 Å². The van der Waals surface area contributed by atoms with E-state index in [9.17, 15) is 14.4 Å². The van der Waals surface area contributed by atoms with Gasteiger partial charge in [0.1, 0.15) is 0 Å². The highest BCUT2D eigenvalue weighted by molar-refractivity contribution is 6.33. The zero-order valence-corrected chi connectivity index (χ0v) is 13.8. The number of benzene rings is 2. The van der Waals surface area contributed by atoms with Gasteiger partial charge in [-0.25, -0.2) is 9.69 Å². The summed E-state index contributed by atoms with van der Waals surface area (Å²) in [6.07, 6.45) is 1.28. The summed E-state index contributed by atoms with van der Waals surface area (Å²) in [5, 5.41) is 2.65. The zero-order chi connectivity index (χ0) is 17.8. The second-order valence-corrected chi connectivity index (χ2v) is 5.83. The monoisotopic (exact) mass is 355 g/mol. The first-order chi connectivity index (χ1) is 12.1. The van der Waals surface area contributed by atoms with Gasteiger partial charge in [0, 0.05) is 11.2 Å². The molecular formula is C18H14ClN3O3. The number of urea groups is 1. The highest BCUT2D eigenvalue weighted by atomic mass is 35.5. The van der Waals surface area contributed by atoms with E-state index in [2.05, 4.69) is 10.3 Å². The molecule has 0 saturated carbocycles. The Bertz CT molecular complexity index is 834. The molecule has 7 heteroatoms. The minimum atomic E-state index is -1.16. The van der Waals surface area contributed by atoms with Crippen molar-refractivity contribution in [3.05, 3.63) is 65.2 Å². The molecule has 1 aliphatic rings. The zero-order valence-electron chi connectivity index (χ0n) is 13.1. The van der Waals surface area contributed by atoms with Gasteiger partial charge in [0.05, 0.1) is 12.2 Å². The van der Waals surface area contributed by atoms with Gasteiger partial charge in [0.25, 0.3) is 5.91 Å². The third kappa shape index (κ3) is 3.75. The van der Waals surface area contributed by atoms with Crippen LogP contribution in [0, 0.1) is 5.92 Å². The van der Waals surface area contributed by atoms with Gasteiger partial charge in [-0.05, 0) is 29.8 Å². The standard InChI is InChI=1S/C18H14ClN3O3/c19-13-6-8-14(9-7-13)22-17(24)15(16(23)21-18(22)25)11-20-10-12-4-2-1-3-5-12/h1-9,11,15H,10H2,(H,21,23,25)/t15-/m0/s1. The molecule has 4 amide bonds. The minimum absolute atomic E-state index is 0.334. The molecule has 1 N–H and O–H groups in total. The summed E-state index contributed by atoms with van der Waals surface area (Å²) >= 11 is 5.82. The SMILES string of the molecule is O=C1NC(=O)N(c2ccc(Cl)cc2)C(=O)[C@H]1C=NCc1ccccc1. The summed E-state index contributed by atoms with van der Waals surface area (Å²) in [4.78, 5) is 41.7. The second kappa shape index (κ2) is 7.27. The van der Waals surface area contributed by atoms with E-state index < -0.39 is 23.8 Å². The van der Waals surface area contributed by atoms with Crippen LogP contribution in [-0.2, 0) is 16.1 Å². The second-order valence-electron chi connectivity index (χ2n) is 5.40. The lowest BCUT2D eigenvalue weighted by atomic mass is 10.1. The number of nitrogens with zero attached hydrogens (tertiary/aromatic N) is 2. The predicted octanol–water partition coefficient (Wildman–Crippen LogP) is 2.81. The molecule has 1 atom stereocenters. The van der Waals surface area contributed by atoms with E-state index >= 15 is 0 Å². The van der Waals surface area contributed by atoms with Gasteiger partial charge in [0.2, 0.25) is 5.91 Å². The maximum Gasteiger partial charge on any atom is 0.335 e. The number of carbonyl (C=O) groups excluding carboxylic acids is 3. The quantitative estimate of drug-likeness (QED) is 0.676. The molecule has 1 heterocycles. The molecule has 1 fully saturated rings. The molecule has 126 valence electrons. The van der Waals surface area contributed by atoms with Gasteiger partial charge in [0.15, 0.2) is 5.92 Å². The number of barbiturate groups is 1. The van der Waals surface area contributed by atoms with Gasteiger partial charge in [-0.3, -0.25) is 19.9 Å². The van der Waals surface area contributed by atoms with Gasteiger partial charge in [-0.2, -0.15) is 0 Å². The topological polar surface area (TPSA) is 78.8 Å². The Kier molecular flexibility index (Phi) is 4.90. The summed E-state index contributed by atoms with van der Waals surface area (Å²) in [6.45, 7) is 0.340. The number of hydrogen-bond donors (Lipinski definition) is 1. The smallest absolute Gasteiger partial charge is 0.291 e. The van der Waals surface area contributed by atoms with Crippen molar-refractivity contribution in [2.45, 2.75) is 6.54 Å². The van der Waals surface area contributed by atoms with E-state index in [0.717, 1.165) is 10.5 Å². The van der Waals surface area contributed by atoms with Crippen molar-refractivity contribution in [3.8, 4) is 0 Å². The van der Waals surface area contributed by atoms with Crippen LogP contribution in [0.2, 0.25) is 5.02 Å². The number of amides is 4. The van der Waals surface area contributed by atoms with Crippen molar-refractivity contribution in [3.63, 3.8) is 0 Å². The fraction of sp³-hybridized carbons (Fsp3) is 0.111. The molecule has 0 unspecified atom stereocenters. The van der Waals surface area contributed by atoms with Crippen molar-refractivity contribution in [1.29, 1.82) is 0 Å². The van der Waals surface area contributed by atoms with Crippen molar-refractivity contribution < 1.29 is 14.4 Å². The molecule has 0 spiro atoms. The van der Waals surface area contributed by atoms with Crippen LogP contribution in [0.25, 0.3) is 0 Å². The van der Waals surface area contributed by atoms with Crippen LogP contribution in [0.4, 0.5) is 10.5 Å². The third-order valence-electron chi connectivity index (χ3n) is 3.66. The van der Waals surface area contributed by atoms with Crippen molar-refractivity contribution in [2.24, 2.45) is 10.9 Å². The van der Waals surface area contributed by atoms with Crippen LogP contribution >= 0.6 is 11.6 Å². The Hall–Kier alpha value is -2.99. The number of nitrogens with one attached hydrogen (secondary N) is 1. The summed E-state index contributed by atoms with van der Waals surface area (Å²) < 4.78 is 0. The molecule has 0 bridgehead atoms. The first-order valence-electron chi connectivity index (χ1n) is 7.54. The van der Waals surface area contributed by atoms with E-state index in [1.165, 1.54) is 18.3 Å². The summed E-state index contributed by atoms with van der Waals surface area (Å²) in [5.74, 6) is -2.48. The van der Waals surface area contributed by atoms with Crippen molar-refractivity contribution in [2.75, 3.05) is 4.90 Å². The molecule has 3 rings (SSSR count). The number of anilines is 1. The Morgan fingerprint density at radius 3 is 2.40 bits per heavy atom. The fourth-order valence-electron chi connectivity index (χ4n) is 2.40. The van der Waals surface area contributed by atoms with Crippen LogP contribution in [0.5, 0.6) is 0 Å². The highest BCUT2D eigenvalue weighted by Crippen LogP contribution is 2.22. The van der Waals surface area contributed by atoms with Crippen LogP contribution in [0.15, 0.2) is 59.6 Å². The first kappa shape index (κ1) is 16.9. The van der Waals surface area contributed by atoms with E-state index in [1.54, 1.807) is 12.1 Å². The van der Waals surface area contributed by atoms with E-state index in [4.69, 9.17) is 11.6 Å². The fourth-order valence-corrected chi connectivity index (χ4v) is 2.53. The molecule has 25 heavy (non-hydrogen) atoms. The number of carbonyl (C=O) groups is 3. The Morgan fingerprint density at radius 1 is 1.04 bits per heavy atom. The number of imide groups is 2. The predicted molar refractivity (Wildman–Crippen MR) is 94.6 cm³/mol. The number of rotatable bonds is 4. The Balaban J connectivity index is 1.79. The summed E-state index contributed by atoms with van der Waals surface area (Å²) in [5.41, 5.74) is 1.29. The maximum atomic E-state index is 12.6. The van der Waals surface area contributed by atoms with Crippen LogP contribution in [-0.4, -0.2) is 24.1 Å². The van der Waals surface area contributed by atoms with E-state index in [0.29, 0.717) is 17.3 Å².